The molecule has 0 saturated carbocycles. The summed E-state index contributed by atoms with van der Waals surface area (Å²) in [6.45, 7) is 1.59. The maximum Gasteiger partial charge on any atom is 0.328 e. The summed E-state index contributed by atoms with van der Waals surface area (Å²) in [4.78, 5) is 25.6. The zero-order valence-corrected chi connectivity index (χ0v) is 9.78. The van der Waals surface area contributed by atoms with Crippen LogP contribution in [-0.4, -0.2) is 21.0 Å². The Hall–Kier alpha value is -2.97. The van der Waals surface area contributed by atoms with E-state index in [0.717, 1.165) is 6.07 Å². The molecule has 0 aliphatic carbocycles. The van der Waals surface area contributed by atoms with Crippen LogP contribution >= 0.6 is 0 Å². The number of carbonyl (C=O) groups is 1. The quantitative estimate of drug-likeness (QED) is 0.480. The molecule has 9 nitrogen and oxygen atoms in total. The zero-order chi connectivity index (χ0) is 14.0. The highest BCUT2D eigenvalue weighted by Gasteiger charge is 2.17. The molecule has 0 unspecified atom stereocenters. The average Bonchev–Trinajstić information content (AvgIpc) is 2.74. The number of anilines is 2. The highest BCUT2D eigenvalue weighted by molar-refractivity contribution is 6.03. The van der Waals surface area contributed by atoms with E-state index in [4.69, 9.17) is 10.3 Å². The number of carbonyl (C=O) groups excluding carboxylic acids is 1. The zero-order valence-electron chi connectivity index (χ0n) is 9.78. The first-order valence-electron chi connectivity index (χ1n) is 5.13. The standard InChI is InChI=1S/C10H9N5O4/c1-5-12-10(19-14-5)13-9(16)6-2-3-7(11)8(4-6)15(17)18/h2-4H,11H2,1H3,(H,12,13,14,16). The van der Waals surface area contributed by atoms with Gasteiger partial charge in [-0.15, -0.1) is 0 Å². The van der Waals surface area contributed by atoms with Gasteiger partial charge in [-0.25, -0.2) is 0 Å². The molecule has 19 heavy (non-hydrogen) atoms. The summed E-state index contributed by atoms with van der Waals surface area (Å²) in [6.07, 6.45) is 0. The topological polar surface area (TPSA) is 137 Å². The molecule has 0 fully saturated rings. The highest BCUT2D eigenvalue weighted by atomic mass is 16.6. The Morgan fingerprint density at radius 3 is 2.84 bits per heavy atom. The number of nitro groups is 1. The molecule has 2 aromatic rings. The van der Waals surface area contributed by atoms with Crippen molar-refractivity contribution in [1.29, 1.82) is 0 Å². The van der Waals surface area contributed by atoms with E-state index in [9.17, 15) is 14.9 Å². The third kappa shape index (κ3) is 2.65. The van der Waals surface area contributed by atoms with Gasteiger partial charge in [-0.2, -0.15) is 4.98 Å². The Balaban J connectivity index is 2.24. The van der Waals surface area contributed by atoms with Crippen LogP contribution in [0.25, 0.3) is 0 Å². The molecule has 0 bridgehead atoms. The van der Waals surface area contributed by atoms with E-state index in [1.165, 1.54) is 12.1 Å². The molecule has 98 valence electrons. The summed E-state index contributed by atoms with van der Waals surface area (Å²) in [5.74, 6) is -0.245. The summed E-state index contributed by atoms with van der Waals surface area (Å²) in [5.41, 5.74) is 5.14. The van der Waals surface area contributed by atoms with E-state index in [1.807, 2.05) is 0 Å². The first kappa shape index (κ1) is 12.5. The fourth-order valence-electron chi connectivity index (χ4n) is 1.36. The van der Waals surface area contributed by atoms with Crippen LogP contribution in [0.3, 0.4) is 0 Å². The van der Waals surface area contributed by atoms with Crippen molar-refractivity contribution in [3.8, 4) is 0 Å². The van der Waals surface area contributed by atoms with Crippen molar-refractivity contribution in [2.24, 2.45) is 0 Å². The monoisotopic (exact) mass is 263 g/mol. The maximum atomic E-state index is 11.8. The van der Waals surface area contributed by atoms with Crippen LogP contribution in [0.15, 0.2) is 22.7 Å². The minimum absolute atomic E-state index is 0.0183. The van der Waals surface area contributed by atoms with Gasteiger partial charge in [0.05, 0.1) is 4.92 Å². The molecule has 0 aliphatic rings. The number of rotatable bonds is 3. The van der Waals surface area contributed by atoms with Gasteiger partial charge in [0.15, 0.2) is 5.82 Å². The van der Waals surface area contributed by atoms with E-state index in [1.54, 1.807) is 6.92 Å². The maximum absolute atomic E-state index is 11.8. The fourth-order valence-corrected chi connectivity index (χ4v) is 1.36. The summed E-state index contributed by atoms with van der Waals surface area (Å²) >= 11 is 0. The van der Waals surface area contributed by atoms with Crippen LogP contribution < -0.4 is 11.1 Å². The van der Waals surface area contributed by atoms with Crippen molar-refractivity contribution < 1.29 is 14.2 Å². The summed E-state index contributed by atoms with van der Waals surface area (Å²) < 4.78 is 4.71. The Bertz CT molecular complexity index is 651. The predicted molar refractivity (Wildman–Crippen MR) is 64.5 cm³/mol. The lowest BCUT2D eigenvalue weighted by Crippen LogP contribution is -2.12. The largest absolute Gasteiger partial charge is 0.393 e. The lowest BCUT2D eigenvalue weighted by molar-refractivity contribution is -0.383. The third-order valence-electron chi connectivity index (χ3n) is 2.24. The van der Waals surface area contributed by atoms with Crippen molar-refractivity contribution in [3.05, 3.63) is 39.7 Å². The Morgan fingerprint density at radius 1 is 1.53 bits per heavy atom. The average molecular weight is 263 g/mol. The Morgan fingerprint density at radius 2 is 2.26 bits per heavy atom. The normalized spacial score (nSPS) is 10.2. The van der Waals surface area contributed by atoms with Gasteiger partial charge in [0.25, 0.3) is 11.6 Å². The molecule has 1 amide bonds. The van der Waals surface area contributed by atoms with E-state index >= 15 is 0 Å². The molecule has 3 N–H and O–H groups in total. The van der Waals surface area contributed by atoms with Crippen LogP contribution in [0, 0.1) is 17.0 Å². The van der Waals surface area contributed by atoms with Crippen molar-refractivity contribution in [2.45, 2.75) is 6.92 Å². The van der Waals surface area contributed by atoms with Gasteiger partial charge in [-0.05, 0) is 19.1 Å². The van der Waals surface area contributed by atoms with Crippen LogP contribution in [0.5, 0.6) is 0 Å². The smallest absolute Gasteiger partial charge is 0.328 e. The number of amides is 1. The van der Waals surface area contributed by atoms with E-state index in [0.29, 0.717) is 5.82 Å². The van der Waals surface area contributed by atoms with Gasteiger partial charge < -0.3 is 10.3 Å². The van der Waals surface area contributed by atoms with Crippen molar-refractivity contribution in [2.75, 3.05) is 11.1 Å². The van der Waals surface area contributed by atoms with Crippen LogP contribution in [0.1, 0.15) is 16.2 Å². The first-order valence-corrected chi connectivity index (χ1v) is 5.13. The fraction of sp³-hybridized carbons (Fsp3) is 0.100. The molecular formula is C10H9N5O4. The number of hydrogen-bond acceptors (Lipinski definition) is 7. The summed E-state index contributed by atoms with van der Waals surface area (Å²) in [7, 11) is 0. The van der Waals surface area contributed by atoms with E-state index in [-0.39, 0.29) is 23.0 Å². The van der Waals surface area contributed by atoms with Crippen LogP contribution in [-0.2, 0) is 0 Å². The van der Waals surface area contributed by atoms with Gasteiger partial charge in [0, 0.05) is 11.6 Å². The number of nitrogens with one attached hydrogen (secondary N) is 1. The molecule has 0 radical (unpaired) electrons. The van der Waals surface area contributed by atoms with Gasteiger partial charge in [0.2, 0.25) is 0 Å². The summed E-state index contributed by atoms with van der Waals surface area (Å²) in [6, 6.07) is 3.64. The molecule has 1 aromatic heterocycles. The second-order valence-corrected chi connectivity index (χ2v) is 3.63. The van der Waals surface area contributed by atoms with Gasteiger partial charge >= 0.3 is 6.01 Å². The lowest BCUT2D eigenvalue weighted by Gasteiger charge is -2.02. The van der Waals surface area contributed by atoms with Crippen molar-refractivity contribution >= 4 is 23.3 Å². The number of nitro benzene ring substituents is 1. The molecule has 9 heteroatoms. The number of nitrogens with zero attached hydrogens (tertiary/aromatic N) is 3. The Kier molecular flexibility index (Phi) is 3.10. The van der Waals surface area contributed by atoms with Crippen molar-refractivity contribution in [3.63, 3.8) is 0 Å². The van der Waals surface area contributed by atoms with Gasteiger partial charge in [-0.1, -0.05) is 5.16 Å². The molecule has 1 heterocycles. The molecule has 2 rings (SSSR count). The second kappa shape index (κ2) is 4.72. The molecule has 0 spiro atoms. The van der Waals surface area contributed by atoms with Gasteiger partial charge in [0.1, 0.15) is 5.69 Å². The molecule has 1 aromatic carbocycles. The molecule has 0 aliphatic heterocycles. The predicted octanol–water partition coefficient (Wildman–Crippen LogP) is 1.12. The Labute approximate surface area is 106 Å². The summed E-state index contributed by atoms with van der Waals surface area (Å²) in [5, 5.41) is 16.5. The molecular weight excluding hydrogens is 254 g/mol. The van der Waals surface area contributed by atoms with E-state index < -0.39 is 10.8 Å². The number of benzene rings is 1. The van der Waals surface area contributed by atoms with Crippen LogP contribution in [0.4, 0.5) is 17.4 Å². The van der Waals surface area contributed by atoms with Crippen LogP contribution in [0.2, 0.25) is 0 Å². The number of aromatic nitrogens is 2. The third-order valence-corrected chi connectivity index (χ3v) is 2.24. The highest BCUT2D eigenvalue weighted by Crippen LogP contribution is 2.22. The number of hydrogen-bond donors (Lipinski definition) is 2. The molecule has 0 saturated heterocycles. The molecule has 0 atom stereocenters. The number of nitrogen functional groups attached to an aromatic ring is 1. The first-order chi connectivity index (χ1) is 8.97. The number of nitrogens with two attached hydrogens (primary N) is 1. The van der Waals surface area contributed by atoms with Crippen molar-refractivity contribution in [1.82, 2.24) is 10.1 Å². The second-order valence-electron chi connectivity index (χ2n) is 3.63. The minimum Gasteiger partial charge on any atom is -0.393 e. The lowest BCUT2D eigenvalue weighted by atomic mass is 10.1. The number of aryl methyl sites for hydroxylation is 1. The van der Waals surface area contributed by atoms with E-state index in [2.05, 4.69) is 15.5 Å². The minimum atomic E-state index is -0.664. The van der Waals surface area contributed by atoms with Gasteiger partial charge in [-0.3, -0.25) is 20.2 Å². The SMILES string of the molecule is Cc1noc(NC(=O)c2ccc(N)c([N+](=O)[O-])c2)n1.